The first-order valence-corrected chi connectivity index (χ1v) is 9.51. The van der Waals surface area contributed by atoms with E-state index < -0.39 is 16.0 Å². The topological polar surface area (TPSA) is 81.7 Å². The van der Waals surface area contributed by atoms with Crippen LogP contribution in [0.5, 0.6) is 11.5 Å². The second kappa shape index (κ2) is 7.92. The minimum atomic E-state index is -3.81. The van der Waals surface area contributed by atoms with E-state index in [-0.39, 0.29) is 21.9 Å². The number of carbonyl (C=O) groups excluding carboxylic acids is 1. The Labute approximate surface area is 157 Å². The van der Waals surface area contributed by atoms with Crippen molar-refractivity contribution in [1.29, 1.82) is 0 Å². The predicted octanol–water partition coefficient (Wildman–Crippen LogP) is 4.07. The van der Waals surface area contributed by atoms with Crippen molar-refractivity contribution in [2.75, 3.05) is 11.8 Å². The van der Waals surface area contributed by atoms with Crippen LogP contribution in [0.2, 0.25) is 0 Å². The minimum absolute atomic E-state index is 0.118. The molecule has 27 heavy (non-hydrogen) atoms. The van der Waals surface area contributed by atoms with E-state index in [2.05, 4.69) is 4.72 Å². The lowest BCUT2D eigenvalue weighted by atomic mass is 10.2. The summed E-state index contributed by atoms with van der Waals surface area (Å²) in [4.78, 5) is 11.9. The van der Waals surface area contributed by atoms with Gasteiger partial charge in [0.15, 0.2) is 5.75 Å². The average Bonchev–Trinajstić information content (AvgIpc) is 2.70. The van der Waals surface area contributed by atoms with Crippen LogP contribution >= 0.6 is 0 Å². The third kappa shape index (κ3) is 4.45. The number of rotatable bonds is 6. The fraction of sp³-hybridized carbons (Fsp3) is 0.0500. The molecular formula is C20H17NO5S. The quantitative estimate of drug-likeness (QED) is 0.649. The molecule has 0 fully saturated rings. The molecule has 7 heteroatoms. The minimum Gasteiger partial charge on any atom is -0.465 e. The number of methoxy groups -OCH3 is 1. The van der Waals surface area contributed by atoms with E-state index in [0.717, 1.165) is 0 Å². The van der Waals surface area contributed by atoms with Gasteiger partial charge in [0.1, 0.15) is 5.75 Å². The number of benzene rings is 3. The summed E-state index contributed by atoms with van der Waals surface area (Å²) in [6.45, 7) is 0. The summed E-state index contributed by atoms with van der Waals surface area (Å²) in [5, 5.41) is 0. The number of ether oxygens (including phenoxy) is 2. The fourth-order valence-electron chi connectivity index (χ4n) is 2.35. The van der Waals surface area contributed by atoms with Crippen molar-refractivity contribution >= 4 is 21.7 Å². The van der Waals surface area contributed by atoms with Crippen LogP contribution in [0.4, 0.5) is 5.69 Å². The molecule has 0 saturated carbocycles. The van der Waals surface area contributed by atoms with Gasteiger partial charge in [0.05, 0.1) is 23.3 Å². The third-order valence-electron chi connectivity index (χ3n) is 3.67. The summed E-state index contributed by atoms with van der Waals surface area (Å²) in [6, 6.07) is 21.2. The van der Waals surface area contributed by atoms with Crippen molar-refractivity contribution in [2.45, 2.75) is 4.90 Å². The van der Waals surface area contributed by atoms with Crippen LogP contribution < -0.4 is 9.46 Å². The molecule has 0 spiro atoms. The fourth-order valence-corrected chi connectivity index (χ4v) is 3.45. The van der Waals surface area contributed by atoms with Crippen LogP contribution in [0, 0.1) is 0 Å². The highest BCUT2D eigenvalue weighted by Crippen LogP contribution is 2.32. The molecule has 0 aliphatic rings. The lowest BCUT2D eigenvalue weighted by Gasteiger charge is -2.14. The summed E-state index contributed by atoms with van der Waals surface area (Å²) in [7, 11) is -2.54. The Morgan fingerprint density at radius 2 is 1.52 bits per heavy atom. The maximum absolute atomic E-state index is 12.6. The van der Waals surface area contributed by atoms with Crippen LogP contribution in [0.3, 0.4) is 0 Å². The van der Waals surface area contributed by atoms with Crippen LogP contribution in [0.25, 0.3) is 0 Å². The van der Waals surface area contributed by atoms with Crippen LogP contribution in [0.1, 0.15) is 10.4 Å². The first-order valence-electron chi connectivity index (χ1n) is 8.03. The van der Waals surface area contributed by atoms with Crippen molar-refractivity contribution in [3.63, 3.8) is 0 Å². The van der Waals surface area contributed by atoms with Crippen LogP contribution in [0.15, 0.2) is 83.8 Å². The molecular weight excluding hydrogens is 366 g/mol. The molecule has 0 aliphatic heterocycles. The summed E-state index contributed by atoms with van der Waals surface area (Å²) in [5.74, 6) is 0.133. The van der Waals surface area contributed by atoms with E-state index in [4.69, 9.17) is 9.47 Å². The molecule has 1 N–H and O–H groups in total. The zero-order valence-electron chi connectivity index (χ0n) is 14.5. The number of anilines is 1. The van der Waals surface area contributed by atoms with Gasteiger partial charge in [-0.05, 0) is 42.5 Å². The lowest BCUT2D eigenvalue weighted by molar-refractivity contribution is 0.0600. The SMILES string of the molecule is COC(=O)c1ccc(NS(=O)(=O)c2ccccc2)c(Oc2ccccc2)c1. The van der Waals surface area contributed by atoms with Gasteiger partial charge in [-0.3, -0.25) is 4.72 Å². The number of sulfonamides is 1. The van der Waals surface area contributed by atoms with Gasteiger partial charge >= 0.3 is 5.97 Å². The van der Waals surface area contributed by atoms with Gasteiger partial charge in [0.25, 0.3) is 10.0 Å². The van der Waals surface area contributed by atoms with Crippen molar-refractivity contribution < 1.29 is 22.7 Å². The largest absolute Gasteiger partial charge is 0.465 e. The molecule has 0 aromatic heterocycles. The zero-order valence-corrected chi connectivity index (χ0v) is 15.3. The number of esters is 1. The monoisotopic (exact) mass is 383 g/mol. The van der Waals surface area contributed by atoms with Gasteiger partial charge in [-0.15, -0.1) is 0 Å². The Hall–Kier alpha value is -3.32. The Kier molecular flexibility index (Phi) is 5.42. The van der Waals surface area contributed by atoms with Crippen molar-refractivity contribution in [3.8, 4) is 11.5 Å². The number of nitrogens with one attached hydrogen (secondary N) is 1. The van der Waals surface area contributed by atoms with Crippen LogP contribution in [-0.4, -0.2) is 21.5 Å². The molecule has 6 nitrogen and oxygen atoms in total. The summed E-state index contributed by atoms with van der Waals surface area (Å²) >= 11 is 0. The molecule has 0 saturated heterocycles. The number of carbonyl (C=O) groups is 1. The molecule has 0 bridgehead atoms. The maximum atomic E-state index is 12.6. The first-order chi connectivity index (χ1) is 13.0. The Bertz CT molecular complexity index is 1030. The van der Waals surface area contributed by atoms with Crippen molar-refractivity contribution in [1.82, 2.24) is 0 Å². The molecule has 3 aromatic rings. The van der Waals surface area contributed by atoms with E-state index in [9.17, 15) is 13.2 Å². The number of hydrogen-bond donors (Lipinski definition) is 1. The Morgan fingerprint density at radius 3 is 2.15 bits per heavy atom. The molecule has 0 amide bonds. The van der Waals surface area contributed by atoms with E-state index in [1.54, 1.807) is 42.5 Å². The third-order valence-corrected chi connectivity index (χ3v) is 5.05. The molecule has 3 rings (SSSR count). The molecule has 3 aromatic carbocycles. The number of hydrogen-bond acceptors (Lipinski definition) is 5. The standard InChI is InChI=1S/C20H17NO5S/c1-25-20(22)15-12-13-18(19(14-15)26-16-8-4-2-5-9-16)21-27(23,24)17-10-6-3-7-11-17/h2-14,21H,1H3. The second-order valence-electron chi connectivity index (χ2n) is 5.54. The molecule has 138 valence electrons. The molecule has 0 unspecified atom stereocenters. The molecule has 0 atom stereocenters. The first kappa shape index (κ1) is 18.5. The van der Waals surface area contributed by atoms with Crippen LogP contribution in [-0.2, 0) is 14.8 Å². The van der Waals surface area contributed by atoms with Crippen molar-refractivity contribution in [2.24, 2.45) is 0 Å². The van der Waals surface area contributed by atoms with Gasteiger partial charge in [-0.25, -0.2) is 13.2 Å². The lowest BCUT2D eigenvalue weighted by Crippen LogP contribution is -2.14. The van der Waals surface area contributed by atoms with Gasteiger partial charge in [-0.2, -0.15) is 0 Å². The Morgan fingerprint density at radius 1 is 0.889 bits per heavy atom. The predicted molar refractivity (Wildman–Crippen MR) is 102 cm³/mol. The zero-order chi connectivity index (χ0) is 19.3. The van der Waals surface area contributed by atoms with E-state index in [1.807, 2.05) is 6.07 Å². The van der Waals surface area contributed by atoms with E-state index in [1.165, 1.54) is 37.4 Å². The maximum Gasteiger partial charge on any atom is 0.337 e. The summed E-state index contributed by atoms with van der Waals surface area (Å²) in [5.41, 5.74) is 0.446. The van der Waals surface area contributed by atoms with Gasteiger partial charge in [-0.1, -0.05) is 36.4 Å². The molecule has 0 radical (unpaired) electrons. The molecule has 0 heterocycles. The normalized spacial score (nSPS) is 10.9. The Balaban J connectivity index is 1.99. The van der Waals surface area contributed by atoms with Gasteiger partial charge in [0.2, 0.25) is 0 Å². The second-order valence-corrected chi connectivity index (χ2v) is 7.22. The van der Waals surface area contributed by atoms with E-state index >= 15 is 0 Å². The molecule has 0 aliphatic carbocycles. The highest BCUT2D eigenvalue weighted by atomic mass is 32.2. The highest BCUT2D eigenvalue weighted by molar-refractivity contribution is 7.92. The average molecular weight is 383 g/mol. The van der Waals surface area contributed by atoms with Gasteiger partial charge in [0, 0.05) is 0 Å². The van der Waals surface area contributed by atoms with Gasteiger partial charge < -0.3 is 9.47 Å². The smallest absolute Gasteiger partial charge is 0.337 e. The number of para-hydroxylation sites is 1. The summed E-state index contributed by atoms with van der Waals surface area (Å²) in [6.07, 6.45) is 0. The van der Waals surface area contributed by atoms with E-state index in [0.29, 0.717) is 5.75 Å². The van der Waals surface area contributed by atoms with Crippen molar-refractivity contribution in [3.05, 3.63) is 84.4 Å². The highest BCUT2D eigenvalue weighted by Gasteiger charge is 2.18. The summed E-state index contributed by atoms with van der Waals surface area (Å²) < 4.78 is 38.3.